The maximum atomic E-state index is 6.34. The minimum absolute atomic E-state index is 0.976. The smallest absolute Gasteiger partial charge is 0.0653 e. The lowest BCUT2D eigenvalue weighted by molar-refractivity contribution is 1.09. The molecule has 0 bridgehead atoms. The average molecular weight is 274 g/mol. The summed E-state index contributed by atoms with van der Waals surface area (Å²) in [5.41, 5.74) is 5.48. The van der Waals surface area contributed by atoms with Gasteiger partial charge >= 0.3 is 0 Å². The highest BCUT2D eigenvalue weighted by molar-refractivity contribution is 5.81. The van der Waals surface area contributed by atoms with Crippen LogP contribution in [0.3, 0.4) is 0 Å². The molecule has 3 aromatic rings. The Bertz CT molecular complexity index is 718. The van der Waals surface area contributed by atoms with E-state index >= 15 is 0 Å². The molecule has 0 heterocycles. The third kappa shape index (κ3) is 2.81. The Kier molecular flexibility index (Phi) is 3.71. The van der Waals surface area contributed by atoms with Crippen LogP contribution in [0.15, 0.2) is 78.9 Å². The molecule has 104 valence electrons. The number of nitrogens with zero attached hydrogens (tertiary/aromatic N) is 1. The third-order valence-electron chi connectivity index (χ3n) is 3.56. The van der Waals surface area contributed by atoms with Gasteiger partial charge < -0.3 is 0 Å². The van der Waals surface area contributed by atoms with E-state index in [-0.39, 0.29) is 0 Å². The SMILES string of the molecule is Cc1ccc(N(N)c2ccccc2-c2ccccc2)cc1. The van der Waals surface area contributed by atoms with Crippen molar-refractivity contribution in [1.82, 2.24) is 0 Å². The van der Waals surface area contributed by atoms with E-state index in [0.717, 1.165) is 22.5 Å². The van der Waals surface area contributed by atoms with Crippen molar-refractivity contribution >= 4 is 11.4 Å². The molecule has 2 heteroatoms. The predicted molar refractivity (Wildman–Crippen MR) is 89.4 cm³/mol. The Balaban J connectivity index is 2.05. The number of anilines is 2. The highest BCUT2D eigenvalue weighted by atomic mass is 15.4. The Labute approximate surface area is 125 Å². The fraction of sp³-hybridized carbons (Fsp3) is 0.0526. The molecule has 2 nitrogen and oxygen atoms in total. The van der Waals surface area contributed by atoms with E-state index in [2.05, 4.69) is 37.3 Å². The topological polar surface area (TPSA) is 29.3 Å². The highest BCUT2D eigenvalue weighted by Crippen LogP contribution is 2.32. The zero-order chi connectivity index (χ0) is 14.7. The Hall–Kier alpha value is -2.58. The molecule has 0 saturated carbocycles. The molecule has 0 atom stereocenters. The van der Waals surface area contributed by atoms with Gasteiger partial charge in [0.1, 0.15) is 0 Å². The van der Waals surface area contributed by atoms with Crippen LogP contribution in [0, 0.1) is 6.92 Å². The summed E-state index contributed by atoms with van der Waals surface area (Å²) < 4.78 is 0. The number of hydrazine groups is 1. The molecule has 21 heavy (non-hydrogen) atoms. The number of aryl methyl sites for hydroxylation is 1. The maximum Gasteiger partial charge on any atom is 0.0653 e. The van der Waals surface area contributed by atoms with Crippen LogP contribution < -0.4 is 10.9 Å². The van der Waals surface area contributed by atoms with Gasteiger partial charge in [-0.2, -0.15) is 0 Å². The quantitative estimate of drug-likeness (QED) is 0.555. The van der Waals surface area contributed by atoms with E-state index in [1.807, 2.05) is 48.5 Å². The molecular weight excluding hydrogens is 256 g/mol. The third-order valence-corrected chi connectivity index (χ3v) is 3.56. The van der Waals surface area contributed by atoms with Crippen LogP contribution in [0.5, 0.6) is 0 Å². The lowest BCUT2D eigenvalue weighted by atomic mass is 10.0. The number of para-hydroxylation sites is 1. The number of rotatable bonds is 3. The minimum atomic E-state index is 0.976. The van der Waals surface area contributed by atoms with Crippen LogP contribution in [-0.4, -0.2) is 0 Å². The summed E-state index contributed by atoms with van der Waals surface area (Å²) in [5.74, 6) is 6.34. The van der Waals surface area contributed by atoms with Gasteiger partial charge in [0.2, 0.25) is 0 Å². The number of benzene rings is 3. The van der Waals surface area contributed by atoms with Crippen molar-refractivity contribution in [3.05, 3.63) is 84.4 Å². The summed E-state index contributed by atoms with van der Waals surface area (Å²) in [5, 5.41) is 1.74. The van der Waals surface area contributed by atoms with Crippen LogP contribution in [0.4, 0.5) is 11.4 Å². The second kappa shape index (κ2) is 5.81. The summed E-state index contributed by atoms with van der Waals surface area (Å²) in [4.78, 5) is 0. The van der Waals surface area contributed by atoms with Crippen molar-refractivity contribution in [3.8, 4) is 11.1 Å². The molecule has 0 aliphatic heterocycles. The van der Waals surface area contributed by atoms with Gasteiger partial charge in [-0.15, -0.1) is 0 Å². The monoisotopic (exact) mass is 274 g/mol. The van der Waals surface area contributed by atoms with Crippen molar-refractivity contribution in [2.75, 3.05) is 5.01 Å². The fourth-order valence-electron chi connectivity index (χ4n) is 2.39. The zero-order valence-electron chi connectivity index (χ0n) is 12.0. The van der Waals surface area contributed by atoms with Crippen molar-refractivity contribution in [3.63, 3.8) is 0 Å². The van der Waals surface area contributed by atoms with Gasteiger partial charge in [0.15, 0.2) is 0 Å². The molecule has 3 aromatic carbocycles. The minimum Gasteiger partial charge on any atom is -0.279 e. The van der Waals surface area contributed by atoms with E-state index in [9.17, 15) is 0 Å². The second-order valence-electron chi connectivity index (χ2n) is 5.09. The number of hydrogen-bond acceptors (Lipinski definition) is 2. The van der Waals surface area contributed by atoms with E-state index in [4.69, 9.17) is 5.84 Å². The molecule has 0 radical (unpaired) electrons. The van der Waals surface area contributed by atoms with Gasteiger partial charge in [0.05, 0.1) is 11.4 Å². The van der Waals surface area contributed by atoms with Crippen molar-refractivity contribution in [1.29, 1.82) is 0 Å². The van der Waals surface area contributed by atoms with Crippen LogP contribution in [-0.2, 0) is 0 Å². The second-order valence-corrected chi connectivity index (χ2v) is 5.09. The lowest BCUT2D eigenvalue weighted by Gasteiger charge is -2.22. The Morgan fingerprint density at radius 1 is 0.714 bits per heavy atom. The molecule has 3 rings (SSSR count). The summed E-state index contributed by atoms with van der Waals surface area (Å²) in [6.07, 6.45) is 0. The molecule has 2 N–H and O–H groups in total. The van der Waals surface area contributed by atoms with E-state index in [1.54, 1.807) is 5.01 Å². The fourth-order valence-corrected chi connectivity index (χ4v) is 2.39. The maximum absolute atomic E-state index is 6.34. The highest BCUT2D eigenvalue weighted by Gasteiger charge is 2.10. The summed E-state index contributed by atoms with van der Waals surface area (Å²) in [6.45, 7) is 2.07. The molecule has 0 aromatic heterocycles. The predicted octanol–water partition coefficient (Wildman–Crippen LogP) is 4.67. The first kappa shape index (κ1) is 13.4. The van der Waals surface area contributed by atoms with Crippen molar-refractivity contribution in [2.24, 2.45) is 5.84 Å². The normalized spacial score (nSPS) is 10.4. The van der Waals surface area contributed by atoms with Crippen LogP contribution in [0.2, 0.25) is 0 Å². The van der Waals surface area contributed by atoms with E-state index in [1.165, 1.54) is 5.56 Å². The van der Waals surface area contributed by atoms with E-state index < -0.39 is 0 Å². The molecule has 0 saturated heterocycles. The summed E-state index contributed by atoms with van der Waals surface area (Å²) >= 11 is 0. The number of nitrogens with two attached hydrogens (primary N) is 1. The van der Waals surface area contributed by atoms with Crippen molar-refractivity contribution < 1.29 is 0 Å². The standard InChI is InChI=1S/C19H18N2/c1-15-11-13-17(14-12-15)21(20)19-10-6-5-9-18(19)16-7-3-2-4-8-16/h2-14H,20H2,1H3. The Morgan fingerprint density at radius 3 is 2.05 bits per heavy atom. The van der Waals surface area contributed by atoms with Gasteiger partial charge in [-0.1, -0.05) is 66.2 Å². The Morgan fingerprint density at radius 2 is 1.33 bits per heavy atom. The number of hydrogen-bond donors (Lipinski definition) is 1. The van der Waals surface area contributed by atoms with Gasteiger partial charge in [-0.25, -0.2) is 5.84 Å². The lowest BCUT2D eigenvalue weighted by Crippen LogP contribution is -2.25. The van der Waals surface area contributed by atoms with Crippen LogP contribution >= 0.6 is 0 Å². The first-order valence-electron chi connectivity index (χ1n) is 7.01. The van der Waals surface area contributed by atoms with Gasteiger partial charge in [0, 0.05) is 5.56 Å². The zero-order valence-corrected chi connectivity index (χ0v) is 12.0. The van der Waals surface area contributed by atoms with Crippen LogP contribution in [0.1, 0.15) is 5.56 Å². The van der Waals surface area contributed by atoms with Gasteiger partial charge in [-0.3, -0.25) is 5.01 Å². The molecule has 0 aliphatic rings. The first-order chi connectivity index (χ1) is 10.3. The molecule has 0 aliphatic carbocycles. The first-order valence-corrected chi connectivity index (χ1v) is 7.01. The van der Waals surface area contributed by atoms with Gasteiger partial charge in [0.25, 0.3) is 0 Å². The molecule has 0 unspecified atom stereocenters. The average Bonchev–Trinajstić information content (AvgIpc) is 2.56. The van der Waals surface area contributed by atoms with Crippen LogP contribution in [0.25, 0.3) is 11.1 Å². The largest absolute Gasteiger partial charge is 0.279 e. The van der Waals surface area contributed by atoms with Crippen molar-refractivity contribution in [2.45, 2.75) is 6.92 Å². The molecule has 0 spiro atoms. The van der Waals surface area contributed by atoms with E-state index in [0.29, 0.717) is 0 Å². The molecule has 0 amide bonds. The van der Waals surface area contributed by atoms with Gasteiger partial charge in [-0.05, 0) is 30.7 Å². The molecular formula is C19H18N2. The molecule has 0 fully saturated rings. The summed E-state index contributed by atoms with van der Waals surface area (Å²) in [7, 11) is 0. The summed E-state index contributed by atoms with van der Waals surface area (Å²) in [6, 6.07) is 26.7.